The van der Waals surface area contributed by atoms with Gasteiger partial charge in [-0.2, -0.15) is 0 Å². The minimum Gasteiger partial charge on any atom is -0.314 e. The van der Waals surface area contributed by atoms with E-state index in [4.69, 9.17) is 0 Å². The molecule has 0 bridgehead atoms. The predicted octanol–water partition coefficient (Wildman–Crippen LogP) is 2.62. The second-order valence-corrected chi connectivity index (χ2v) is 8.39. The van der Waals surface area contributed by atoms with Crippen molar-refractivity contribution in [3.63, 3.8) is 0 Å². The second-order valence-electron chi connectivity index (χ2n) is 6.13. The lowest BCUT2D eigenvalue weighted by Crippen LogP contribution is -2.30. The monoisotopic (exact) mass is 263 g/mol. The van der Waals surface area contributed by atoms with Crippen molar-refractivity contribution in [3.05, 3.63) is 0 Å². The van der Waals surface area contributed by atoms with E-state index in [0.29, 0.717) is 17.2 Å². The van der Waals surface area contributed by atoms with Crippen molar-refractivity contribution in [2.75, 3.05) is 18.6 Å². The van der Waals surface area contributed by atoms with E-state index in [9.17, 15) is 8.42 Å². The molecule has 104 valence electrons. The summed E-state index contributed by atoms with van der Waals surface area (Å²) >= 11 is 0. The molecule has 1 N–H and O–H groups in total. The zero-order valence-electron chi connectivity index (χ0n) is 12.0. The number of sulfone groups is 1. The van der Waals surface area contributed by atoms with Gasteiger partial charge < -0.3 is 5.32 Å². The molecule has 1 atom stereocenters. The fourth-order valence-electron chi connectivity index (χ4n) is 1.84. The van der Waals surface area contributed by atoms with Crippen LogP contribution in [0.3, 0.4) is 0 Å². The summed E-state index contributed by atoms with van der Waals surface area (Å²) in [5, 5.41) is 3.45. The van der Waals surface area contributed by atoms with Gasteiger partial charge in [0, 0.05) is 18.1 Å². The maximum atomic E-state index is 11.1. The zero-order chi connectivity index (χ0) is 13.5. The van der Waals surface area contributed by atoms with Crippen LogP contribution in [0.4, 0.5) is 0 Å². The Morgan fingerprint density at radius 3 is 2.18 bits per heavy atom. The third kappa shape index (κ3) is 12.2. The standard InChI is InChI=1S/C13H29NO2S/c1-6-14-12(9-10-13(2,3)4)8-7-11-17(5,15)16/h12,14H,6-11H2,1-5H3. The fraction of sp³-hybridized carbons (Fsp3) is 1.00. The van der Waals surface area contributed by atoms with E-state index >= 15 is 0 Å². The molecule has 0 aromatic rings. The molecule has 0 spiro atoms. The van der Waals surface area contributed by atoms with Crippen molar-refractivity contribution in [2.24, 2.45) is 5.41 Å². The molecule has 0 aliphatic carbocycles. The van der Waals surface area contributed by atoms with Gasteiger partial charge in [0.05, 0.1) is 0 Å². The lowest BCUT2D eigenvalue weighted by atomic mass is 9.88. The molecule has 0 fully saturated rings. The highest BCUT2D eigenvalue weighted by molar-refractivity contribution is 7.90. The summed E-state index contributed by atoms with van der Waals surface area (Å²) in [6.45, 7) is 9.78. The molecule has 1 unspecified atom stereocenters. The highest BCUT2D eigenvalue weighted by atomic mass is 32.2. The van der Waals surface area contributed by atoms with Crippen LogP contribution in [0.1, 0.15) is 53.4 Å². The van der Waals surface area contributed by atoms with Crippen molar-refractivity contribution in [3.8, 4) is 0 Å². The average molecular weight is 263 g/mol. The van der Waals surface area contributed by atoms with Crippen LogP contribution in [0.2, 0.25) is 0 Å². The van der Waals surface area contributed by atoms with Gasteiger partial charge in [0.1, 0.15) is 9.84 Å². The summed E-state index contributed by atoms with van der Waals surface area (Å²) in [4.78, 5) is 0. The number of rotatable bonds is 8. The van der Waals surface area contributed by atoms with E-state index in [1.54, 1.807) is 0 Å². The van der Waals surface area contributed by atoms with Gasteiger partial charge in [-0.25, -0.2) is 8.42 Å². The van der Waals surface area contributed by atoms with Crippen molar-refractivity contribution < 1.29 is 8.42 Å². The van der Waals surface area contributed by atoms with Crippen LogP contribution in [0.5, 0.6) is 0 Å². The smallest absolute Gasteiger partial charge is 0.147 e. The average Bonchev–Trinajstić information content (AvgIpc) is 2.11. The molecule has 0 aromatic heterocycles. The van der Waals surface area contributed by atoms with E-state index in [-0.39, 0.29) is 0 Å². The highest BCUT2D eigenvalue weighted by Gasteiger charge is 2.15. The van der Waals surface area contributed by atoms with Crippen LogP contribution in [-0.2, 0) is 9.84 Å². The van der Waals surface area contributed by atoms with E-state index in [1.165, 1.54) is 12.7 Å². The minimum atomic E-state index is -2.81. The SMILES string of the molecule is CCNC(CCCS(C)(=O)=O)CCC(C)(C)C. The molecule has 0 rings (SSSR count). The van der Waals surface area contributed by atoms with E-state index in [1.807, 2.05) is 0 Å². The van der Waals surface area contributed by atoms with Gasteiger partial charge in [-0.15, -0.1) is 0 Å². The van der Waals surface area contributed by atoms with Gasteiger partial charge >= 0.3 is 0 Å². The van der Waals surface area contributed by atoms with Crippen molar-refractivity contribution in [1.29, 1.82) is 0 Å². The van der Waals surface area contributed by atoms with Crippen LogP contribution in [0.15, 0.2) is 0 Å². The first-order valence-electron chi connectivity index (χ1n) is 6.55. The Labute approximate surface area is 107 Å². The van der Waals surface area contributed by atoms with Gasteiger partial charge in [0.2, 0.25) is 0 Å². The molecule has 0 aliphatic rings. The van der Waals surface area contributed by atoms with Gasteiger partial charge in [-0.3, -0.25) is 0 Å². The Bertz CT molecular complexity index is 291. The molecule has 0 radical (unpaired) electrons. The molecule has 3 nitrogen and oxygen atoms in total. The largest absolute Gasteiger partial charge is 0.314 e. The van der Waals surface area contributed by atoms with Crippen LogP contribution in [0.25, 0.3) is 0 Å². The maximum Gasteiger partial charge on any atom is 0.147 e. The summed E-state index contributed by atoms with van der Waals surface area (Å²) in [5.41, 5.74) is 0.352. The summed E-state index contributed by atoms with van der Waals surface area (Å²) < 4.78 is 22.1. The van der Waals surface area contributed by atoms with Gasteiger partial charge in [0.15, 0.2) is 0 Å². The Morgan fingerprint density at radius 1 is 1.18 bits per heavy atom. The zero-order valence-corrected chi connectivity index (χ0v) is 12.9. The van der Waals surface area contributed by atoms with Gasteiger partial charge in [0.25, 0.3) is 0 Å². The summed E-state index contributed by atoms with van der Waals surface area (Å²) in [5.74, 6) is 0.310. The van der Waals surface area contributed by atoms with Crippen molar-refractivity contribution >= 4 is 9.84 Å². The highest BCUT2D eigenvalue weighted by Crippen LogP contribution is 2.22. The lowest BCUT2D eigenvalue weighted by Gasteiger charge is -2.23. The molecule has 0 amide bonds. The summed E-state index contributed by atoms with van der Waals surface area (Å²) in [7, 11) is -2.81. The van der Waals surface area contributed by atoms with E-state index < -0.39 is 9.84 Å². The molecular formula is C13H29NO2S. The van der Waals surface area contributed by atoms with Crippen molar-refractivity contribution in [2.45, 2.75) is 59.4 Å². The fourth-order valence-corrected chi connectivity index (χ4v) is 2.53. The third-order valence-corrected chi connectivity index (χ3v) is 3.83. The Morgan fingerprint density at radius 2 is 1.76 bits per heavy atom. The van der Waals surface area contributed by atoms with Crippen LogP contribution in [-0.4, -0.2) is 33.0 Å². The lowest BCUT2D eigenvalue weighted by molar-refractivity contribution is 0.324. The Kier molecular flexibility index (Phi) is 7.33. The molecule has 0 saturated heterocycles. The first-order valence-corrected chi connectivity index (χ1v) is 8.61. The molecule has 0 saturated carbocycles. The maximum absolute atomic E-state index is 11.1. The van der Waals surface area contributed by atoms with Crippen LogP contribution >= 0.6 is 0 Å². The van der Waals surface area contributed by atoms with Crippen molar-refractivity contribution in [1.82, 2.24) is 5.32 Å². The van der Waals surface area contributed by atoms with Gasteiger partial charge in [-0.05, 0) is 37.6 Å². The van der Waals surface area contributed by atoms with E-state index in [2.05, 4.69) is 33.0 Å². The number of hydrogen-bond acceptors (Lipinski definition) is 3. The quantitative estimate of drug-likeness (QED) is 0.732. The minimum absolute atomic E-state index is 0.310. The third-order valence-electron chi connectivity index (χ3n) is 2.80. The normalized spacial score (nSPS) is 14.9. The number of hydrogen-bond donors (Lipinski definition) is 1. The predicted molar refractivity (Wildman–Crippen MR) is 75.1 cm³/mol. The van der Waals surface area contributed by atoms with E-state index in [0.717, 1.165) is 25.8 Å². The molecular weight excluding hydrogens is 234 g/mol. The summed E-state index contributed by atoms with van der Waals surface area (Å²) in [6.07, 6.45) is 5.33. The Hall–Kier alpha value is -0.0900. The molecule has 4 heteroatoms. The van der Waals surface area contributed by atoms with Crippen LogP contribution in [0, 0.1) is 5.41 Å². The topological polar surface area (TPSA) is 46.2 Å². The first-order chi connectivity index (χ1) is 7.64. The molecule has 17 heavy (non-hydrogen) atoms. The van der Waals surface area contributed by atoms with Gasteiger partial charge in [-0.1, -0.05) is 27.7 Å². The first kappa shape index (κ1) is 16.9. The second kappa shape index (κ2) is 7.37. The molecule has 0 aliphatic heterocycles. The number of nitrogens with one attached hydrogen (secondary N) is 1. The molecule has 0 heterocycles. The molecule has 0 aromatic carbocycles. The Balaban J connectivity index is 3.98. The van der Waals surface area contributed by atoms with Crippen LogP contribution < -0.4 is 5.32 Å². The summed E-state index contributed by atoms with van der Waals surface area (Å²) in [6, 6.07) is 0.459.